The molecular weight excluding hydrogens is 251 g/mol. The van der Waals surface area contributed by atoms with Crippen LogP contribution in [-0.2, 0) is 19.3 Å². The maximum absolute atomic E-state index is 13.6. The lowest BCUT2D eigenvalue weighted by Crippen LogP contribution is -2.30. The van der Waals surface area contributed by atoms with Gasteiger partial charge in [-0.1, -0.05) is 49.4 Å². The highest BCUT2D eigenvalue weighted by molar-refractivity contribution is 5.25. The largest absolute Gasteiger partial charge is 0.389 e. The third-order valence-corrected chi connectivity index (χ3v) is 3.55. The molecule has 0 bridgehead atoms. The van der Waals surface area contributed by atoms with E-state index in [0.717, 1.165) is 12.0 Å². The highest BCUT2D eigenvalue weighted by atomic mass is 19.1. The summed E-state index contributed by atoms with van der Waals surface area (Å²) >= 11 is 0. The van der Waals surface area contributed by atoms with Crippen LogP contribution in [0, 0.1) is 5.82 Å². The van der Waals surface area contributed by atoms with E-state index in [1.54, 1.807) is 25.1 Å². The molecule has 0 radical (unpaired) electrons. The van der Waals surface area contributed by atoms with Crippen molar-refractivity contribution in [3.05, 3.63) is 71.0 Å². The standard InChI is InChI=1S/C18H21FO/c1-3-14-8-10-15(11-9-14)12-18(2,20)13-16-6-4-5-7-17(16)19/h4-11,20H,3,12-13H2,1-2H3. The van der Waals surface area contributed by atoms with Gasteiger partial charge in [-0.05, 0) is 36.1 Å². The van der Waals surface area contributed by atoms with E-state index in [0.29, 0.717) is 18.4 Å². The zero-order chi connectivity index (χ0) is 14.6. The molecule has 0 saturated heterocycles. The van der Waals surface area contributed by atoms with Gasteiger partial charge in [-0.25, -0.2) is 4.39 Å². The Hall–Kier alpha value is -1.67. The van der Waals surface area contributed by atoms with E-state index in [-0.39, 0.29) is 5.82 Å². The van der Waals surface area contributed by atoms with Crippen molar-refractivity contribution in [1.29, 1.82) is 0 Å². The predicted octanol–water partition coefficient (Wildman–Crippen LogP) is 3.92. The summed E-state index contributed by atoms with van der Waals surface area (Å²) in [6.07, 6.45) is 1.84. The summed E-state index contributed by atoms with van der Waals surface area (Å²) in [5, 5.41) is 10.5. The molecule has 0 amide bonds. The van der Waals surface area contributed by atoms with Crippen molar-refractivity contribution in [1.82, 2.24) is 0 Å². The van der Waals surface area contributed by atoms with E-state index >= 15 is 0 Å². The van der Waals surface area contributed by atoms with E-state index in [1.165, 1.54) is 11.6 Å². The van der Waals surface area contributed by atoms with Gasteiger partial charge < -0.3 is 5.11 Å². The molecule has 0 saturated carbocycles. The first-order valence-corrected chi connectivity index (χ1v) is 7.04. The third-order valence-electron chi connectivity index (χ3n) is 3.55. The Kier molecular flexibility index (Phi) is 4.56. The summed E-state index contributed by atoms with van der Waals surface area (Å²) in [5.41, 5.74) is 1.96. The normalized spacial score (nSPS) is 14.0. The van der Waals surface area contributed by atoms with Crippen molar-refractivity contribution in [2.24, 2.45) is 0 Å². The SMILES string of the molecule is CCc1ccc(CC(C)(O)Cc2ccccc2F)cc1. The number of aliphatic hydroxyl groups is 1. The monoisotopic (exact) mass is 272 g/mol. The molecule has 2 rings (SSSR count). The van der Waals surface area contributed by atoms with Gasteiger partial charge in [0.25, 0.3) is 0 Å². The number of hydrogen-bond acceptors (Lipinski definition) is 1. The molecule has 1 N–H and O–H groups in total. The summed E-state index contributed by atoms with van der Waals surface area (Å²) in [6, 6.07) is 14.8. The molecular formula is C18H21FO. The van der Waals surface area contributed by atoms with Crippen LogP contribution in [0.4, 0.5) is 4.39 Å². The molecule has 2 aromatic rings. The van der Waals surface area contributed by atoms with Gasteiger partial charge in [0.1, 0.15) is 5.82 Å². The van der Waals surface area contributed by atoms with E-state index in [9.17, 15) is 9.50 Å². The fourth-order valence-corrected chi connectivity index (χ4v) is 2.45. The Bertz CT molecular complexity index is 558. The Labute approximate surface area is 120 Å². The zero-order valence-electron chi connectivity index (χ0n) is 12.1. The van der Waals surface area contributed by atoms with Gasteiger partial charge in [0.2, 0.25) is 0 Å². The summed E-state index contributed by atoms with van der Waals surface area (Å²) in [5.74, 6) is -0.255. The maximum Gasteiger partial charge on any atom is 0.126 e. The van der Waals surface area contributed by atoms with E-state index < -0.39 is 5.60 Å². The Balaban J connectivity index is 2.08. The highest BCUT2D eigenvalue weighted by Gasteiger charge is 2.23. The smallest absolute Gasteiger partial charge is 0.126 e. The second kappa shape index (κ2) is 6.19. The van der Waals surface area contributed by atoms with Crippen LogP contribution >= 0.6 is 0 Å². The lowest BCUT2D eigenvalue weighted by molar-refractivity contribution is 0.0599. The van der Waals surface area contributed by atoms with Gasteiger partial charge in [0.05, 0.1) is 5.60 Å². The van der Waals surface area contributed by atoms with Crippen molar-refractivity contribution in [3.63, 3.8) is 0 Å². The summed E-state index contributed by atoms with van der Waals surface area (Å²) < 4.78 is 13.6. The van der Waals surface area contributed by atoms with Crippen molar-refractivity contribution >= 4 is 0 Å². The molecule has 0 fully saturated rings. The van der Waals surface area contributed by atoms with Crippen LogP contribution in [0.25, 0.3) is 0 Å². The average molecular weight is 272 g/mol. The van der Waals surface area contributed by atoms with Crippen LogP contribution in [0.2, 0.25) is 0 Å². The first kappa shape index (κ1) is 14.7. The van der Waals surface area contributed by atoms with Gasteiger partial charge in [-0.3, -0.25) is 0 Å². The Morgan fingerprint density at radius 3 is 2.15 bits per heavy atom. The van der Waals surface area contributed by atoms with Crippen molar-refractivity contribution in [2.75, 3.05) is 0 Å². The lowest BCUT2D eigenvalue weighted by Gasteiger charge is -2.24. The Morgan fingerprint density at radius 2 is 1.55 bits per heavy atom. The summed E-state index contributed by atoms with van der Waals surface area (Å²) in [4.78, 5) is 0. The maximum atomic E-state index is 13.6. The molecule has 2 heteroatoms. The molecule has 0 aliphatic rings. The third kappa shape index (κ3) is 3.91. The second-order valence-electron chi connectivity index (χ2n) is 5.61. The molecule has 20 heavy (non-hydrogen) atoms. The minimum atomic E-state index is -0.948. The van der Waals surface area contributed by atoms with Crippen LogP contribution in [0.15, 0.2) is 48.5 Å². The quantitative estimate of drug-likeness (QED) is 0.874. The number of hydrogen-bond donors (Lipinski definition) is 1. The summed E-state index contributed by atoms with van der Waals surface area (Å²) in [7, 11) is 0. The first-order chi connectivity index (χ1) is 9.50. The van der Waals surface area contributed by atoms with Crippen LogP contribution in [-0.4, -0.2) is 10.7 Å². The molecule has 106 valence electrons. The molecule has 0 heterocycles. The molecule has 0 spiro atoms. The van der Waals surface area contributed by atoms with Gasteiger partial charge in [0.15, 0.2) is 0 Å². The van der Waals surface area contributed by atoms with Crippen LogP contribution < -0.4 is 0 Å². The fourth-order valence-electron chi connectivity index (χ4n) is 2.45. The van der Waals surface area contributed by atoms with Gasteiger partial charge in [-0.2, -0.15) is 0 Å². The molecule has 0 aromatic heterocycles. The zero-order valence-corrected chi connectivity index (χ0v) is 12.1. The lowest BCUT2D eigenvalue weighted by atomic mass is 9.89. The van der Waals surface area contributed by atoms with Crippen LogP contribution in [0.3, 0.4) is 0 Å². The molecule has 0 aliphatic carbocycles. The number of rotatable bonds is 5. The van der Waals surface area contributed by atoms with Gasteiger partial charge in [0, 0.05) is 12.8 Å². The number of halogens is 1. The van der Waals surface area contributed by atoms with E-state index in [2.05, 4.69) is 19.1 Å². The molecule has 2 aromatic carbocycles. The number of aryl methyl sites for hydroxylation is 1. The molecule has 1 atom stereocenters. The minimum Gasteiger partial charge on any atom is -0.389 e. The van der Waals surface area contributed by atoms with Crippen LogP contribution in [0.1, 0.15) is 30.5 Å². The summed E-state index contributed by atoms with van der Waals surface area (Å²) in [6.45, 7) is 3.87. The number of benzene rings is 2. The highest BCUT2D eigenvalue weighted by Crippen LogP contribution is 2.21. The van der Waals surface area contributed by atoms with Crippen molar-refractivity contribution < 1.29 is 9.50 Å². The molecule has 1 unspecified atom stereocenters. The first-order valence-electron chi connectivity index (χ1n) is 7.04. The van der Waals surface area contributed by atoms with E-state index in [4.69, 9.17) is 0 Å². The van der Waals surface area contributed by atoms with Crippen molar-refractivity contribution in [3.8, 4) is 0 Å². The minimum absolute atomic E-state index is 0.255. The van der Waals surface area contributed by atoms with Gasteiger partial charge >= 0.3 is 0 Å². The topological polar surface area (TPSA) is 20.2 Å². The van der Waals surface area contributed by atoms with Crippen molar-refractivity contribution in [2.45, 2.75) is 38.7 Å². The fraction of sp³-hybridized carbons (Fsp3) is 0.333. The van der Waals surface area contributed by atoms with Gasteiger partial charge in [-0.15, -0.1) is 0 Å². The predicted molar refractivity (Wildman–Crippen MR) is 80.3 cm³/mol. The second-order valence-corrected chi connectivity index (χ2v) is 5.61. The van der Waals surface area contributed by atoms with E-state index in [1.807, 2.05) is 12.1 Å². The van der Waals surface area contributed by atoms with Crippen LogP contribution in [0.5, 0.6) is 0 Å². The average Bonchev–Trinajstić information content (AvgIpc) is 2.41. The molecule has 1 nitrogen and oxygen atoms in total. The Morgan fingerprint density at radius 1 is 0.950 bits per heavy atom. The molecule has 0 aliphatic heterocycles.